The summed E-state index contributed by atoms with van der Waals surface area (Å²) in [6.07, 6.45) is 4.05. The van der Waals surface area contributed by atoms with Crippen molar-refractivity contribution in [2.75, 3.05) is 18.5 Å². The van der Waals surface area contributed by atoms with Crippen LogP contribution in [0.4, 0.5) is 5.69 Å². The lowest BCUT2D eigenvalue weighted by Crippen LogP contribution is -2.10. The second kappa shape index (κ2) is 10.0. The van der Waals surface area contributed by atoms with Gasteiger partial charge in [0.1, 0.15) is 5.75 Å². The van der Waals surface area contributed by atoms with Gasteiger partial charge in [-0.05, 0) is 43.7 Å². The minimum Gasteiger partial charge on any atom is -0.493 e. The third-order valence-electron chi connectivity index (χ3n) is 3.44. The highest BCUT2D eigenvalue weighted by atomic mass is 16.5. The maximum atomic E-state index is 12.2. The van der Waals surface area contributed by atoms with E-state index in [4.69, 9.17) is 9.47 Å². The van der Waals surface area contributed by atoms with Crippen molar-refractivity contribution in [3.8, 4) is 5.75 Å². The summed E-state index contributed by atoms with van der Waals surface area (Å²) in [6, 6.07) is 14.2. The van der Waals surface area contributed by atoms with Crippen LogP contribution in [-0.2, 0) is 9.53 Å². The summed E-state index contributed by atoms with van der Waals surface area (Å²) in [4.78, 5) is 23.9. The number of para-hydroxylation sites is 1. The van der Waals surface area contributed by atoms with Crippen molar-refractivity contribution in [1.82, 2.24) is 0 Å². The fourth-order valence-corrected chi connectivity index (χ4v) is 2.25. The Morgan fingerprint density at radius 1 is 1.08 bits per heavy atom. The number of esters is 1. The largest absolute Gasteiger partial charge is 0.493 e. The second-order valence-corrected chi connectivity index (χ2v) is 5.51. The number of anilines is 1. The van der Waals surface area contributed by atoms with Crippen molar-refractivity contribution in [1.29, 1.82) is 0 Å². The molecule has 0 aliphatic carbocycles. The monoisotopic (exact) mass is 353 g/mol. The zero-order chi connectivity index (χ0) is 18.8. The highest BCUT2D eigenvalue weighted by molar-refractivity contribution is 6.02. The first-order valence-electron chi connectivity index (χ1n) is 8.62. The van der Waals surface area contributed by atoms with Gasteiger partial charge in [-0.1, -0.05) is 31.2 Å². The molecule has 2 rings (SSSR count). The molecule has 0 aliphatic rings. The van der Waals surface area contributed by atoms with E-state index >= 15 is 0 Å². The molecule has 0 spiro atoms. The van der Waals surface area contributed by atoms with Gasteiger partial charge in [0.05, 0.1) is 18.8 Å². The summed E-state index contributed by atoms with van der Waals surface area (Å²) >= 11 is 0. The van der Waals surface area contributed by atoms with Crippen molar-refractivity contribution in [2.45, 2.75) is 20.3 Å². The maximum absolute atomic E-state index is 12.2. The Morgan fingerprint density at radius 3 is 2.65 bits per heavy atom. The summed E-state index contributed by atoms with van der Waals surface area (Å²) < 4.78 is 10.6. The summed E-state index contributed by atoms with van der Waals surface area (Å²) in [6.45, 7) is 4.71. The highest BCUT2D eigenvalue weighted by Crippen LogP contribution is 2.20. The molecule has 0 unspecified atom stereocenters. The van der Waals surface area contributed by atoms with Crippen LogP contribution in [0.2, 0.25) is 0 Å². The molecule has 0 aromatic heterocycles. The van der Waals surface area contributed by atoms with Gasteiger partial charge in [0.15, 0.2) is 0 Å². The summed E-state index contributed by atoms with van der Waals surface area (Å²) in [5.41, 5.74) is 1.75. The zero-order valence-corrected chi connectivity index (χ0v) is 15.0. The topological polar surface area (TPSA) is 64.6 Å². The lowest BCUT2D eigenvalue weighted by atomic mass is 10.2. The van der Waals surface area contributed by atoms with E-state index in [-0.39, 0.29) is 5.91 Å². The first-order valence-corrected chi connectivity index (χ1v) is 8.62. The smallest absolute Gasteiger partial charge is 0.338 e. The molecule has 1 N–H and O–H groups in total. The Labute approximate surface area is 153 Å². The Bertz CT molecular complexity index is 783. The Morgan fingerprint density at radius 2 is 1.88 bits per heavy atom. The third kappa shape index (κ3) is 5.77. The normalized spacial score (nSPS) is 10.5. The van der Waals surface area contributed by atoms with Gasteiger partial charge in [-0.2, -0.15) is 0 Å². The van der Waals surface area contributed by atoms with Gasteiger partial charge in [-0.15, -0.1) is 0 Å². The molecule has 0 atom stereocenters. The molecule has 0 heterocycles. The van der Waals surface area contributed by atoms with Gasteiger partial charge in [0, 0.05) is 17.3 Å². The van der Waals surface area contributed by atoms with Crippen LogP contribution in [0, 0.1) is 0 Å². The van der Waals surface area contributed by atoms with Crippen molar-refractivity contribution < 1.29 is 19.1 Å². The molecule has 2 aromatic rings. The van der Waals surface area contributed by atoms with E-state index in [0.29, 0.717) is 24.5 Å². The number of ether oxygens (including phenoxy) is 2. The van der Waals surface area contributed by atoms with Crippen molar-refractivity contribution in [3.05, 3.63) is 65.7 Å². The van der Waals surface area contributed by atoms with Crippen LogP contribution in [0.1, 0.15) is 36.2 Å². The number of hydrogen-bond acceptors (Lipinski definition) is 4. The van der Waals surface area contributed by atoms with Gasteiger partial charge < -0.3 is 14.8 Å². The number of carbonyl (C=O) groups excluding carboxylic acids is 2. The minimum atomic E-state index is -0.416. The quantitative estimate of drug-likeness (QED) is 0.567. The second-order valence-electron chi connectivity index (χ2n) is 5.51. The van der Waals surface area contributed by atoms with Crippen LogP contribution in [0.15, 0.2) is 54.6 Å². The average Bonchev–Trinajstić information content (AvgIpc) is 2.65. The molecule has 5 heteroatoms. The highest BCUT2D eigenvalue weighted by Gasteiger charge is 2.07. The van der Waals surface area contributed by atoms with Crippen LogP contribution in [0.3, 0.4) is 0 Å². The minimum absolute atomic E-state index is 0.295. The van der Waals surface area contributed by atoms with Gasteiger partial charge >= 0.3 is 5.97 Å². The first kappa shape index (κ1) is 19.2. The van der Waals surface area contributed by atoms with E-state index in [1.165, 1.54) is 6.08 Å². The van der Waals surface area contributed by atoms with Gasteiger partial charge in [0.25, 0.3) is 0 Å². The lowest BCUT2D eigenvalue weighted by molar-refractivity contribution is -0.111. The van der Waals surface area contributed by atoms with Crippen molar-refractivity contribution in [3.63, 3.8) is 0 Å². The molecular weight excluding hydrogens is 330 g/mol. The van der Waals surface area contributed by atoms with E-state index in [2.05, 4.69) is 5.32 Å². The number of nitrogens with one attached hydrogen (secondary N) is 1. The molecule has 0 saturated heterocycles. The van der Waals surface area contributed by atoms with Crippen LogP contribution >= 0.6 is 0 Å². The molecule has 5 nitrogen and oxygen atoms in total. The van der Waals surface area contributed by atoms with Crippen LogP contribution < -0.4 is 10.1 Å². The van der Waals surface area contributed by atoms with E-state index in [0.717, 1.165) is 17.7 Å². The first-order chi connectivity index (χ1) is 12.6. The number of benzene rings is 2. The standard InChI is InChI=1S/C21H23NO4/c1-3-14-26-19-11-6-5-8-16(19)12-13-20(23)22-18-10-7-9-17(15-18)21(24)25-4-2/h5-13,15H,3-4,14H2,1-2H3,(H,22,23)/b13-12+. The molecule has 2 aromatic carbocycles. The number of hydrogen-bond donors (Lipinski definition) is 1. The zero-order valence-electron chi connectivity index (χ0n) is 15.0. The Kier molecular flexibility index (Phi) is 7.43. The molecule has 0 fully saturated rings. The molecule has 1 amide bonds. The van der Waals surface area contributed by atoms with Crippen LogP contribution in [0.25, 0.3) is 6.08 Å². The summed E-state index contributed by atoms with van der Waals surface area (Å²) in [5.74, 6) is 0.0279. The SMILES string of the molecule is CCCOc1ccccc1/C=C/C(=O)Nc1cccc(C(=O)OCC)c1. The molecule has 0 saturated carbocycles. The summed E-state index contributed by atoms with van der Waals surface area (Å²) in [7, 11) is 0. The van der Waals surface area contributed by atoms with Gasteiger partial charge in [0.2, 0.25) is 5.91 Å². The number of carbonyl (C=O) groups is 2. The maximum Gasteiger partial charge on any atom is 0.338 e. The fraction of sp³-hybridized carbons (Fsp3) is 0.238. The van der Waals surface area contributed by atoms with E-state index in [1.807, 2.05) is 31.2 Å². The molecule has 136 valence electrons. The van der Waals surface area contributed by atoms with E-state index in [9.17, 15) is 9.59 Å². The van der Waals surface area contributed by atoms with Gasteiger partial charge in [-0.25, -0.2) is 4.79 Å². The Hall–Kier alpha value is -3.08. The summed E-state index contributed by atoms with van der Waals surface area (Å²) in [5, 5.41) is 2.74. The van der Waals surface area contributed by atoms with Crippen LogP contribution in [-0.4, -0.2) is 25.1 Å². The fourth-order valence-electron chi connectivity index (χ4n) is 2.25. The van der Waals surface area contributed by atoms with Crippen molar-refractivity contribution >= 4 is 23.6 Å². The predicted octanol–water partition coefficient (Wildman–Crippen LogP) is 4.30. The van der Waals surface area contributed by atoms with E-state index < -0.39 is 5.97 Å². The molecule has 0 radical (unpaired) electrons. The van der Waals surface area contributed by atoms with Gasteiger partial charge in [-0.3, -0.25) is 4.79 Å². The molecular formula is C21H23NO4. The molecule has 26 heavy (non-hydrogen) atoms. The van der Waals surface area contributed by atoms with E-state index in [1.54, 1.807) is 37.3 Å². The molecule has 0 bridgehead atoms. The van der Waals surface area contributed by atoms with Crippen LogP contribution in [0.5, 0.6) is 5.75 Å². The third-order valence-corrected chi connectivity index (χ3v) is 3.44. The number of amides is 1. The Balaban J connectivity index is 2.04. The number of rotatable bonds is 8. The lowest BCUT2D eigenvalue weighted by Gasteiger charge is -2.08. The van der Waals surface area contributed by atoms with Crippen molar-refractivity contribution in [2.24, 2.45) is 0 Å². The molecule has 0 aliphatic heterocycles. The predicted molar refractivity (Wildman–Crippen MR) is 102 cm³/mol. The average molecular weight is 353 g/mol.